The number of nitrogens with two attached hydrogens (primary N) is 1. The second kappa shape index (κ2) is 10.5. The minimum absolute atomic E-state index is 0.00554. The summed E-state index contributed by atoms with van der Waals surface area (Å²) in [5.41, 5.74) is 8.07. The lowest BCUT2D eigenvalue weighted by Gasteiger charge is -2.27. The first kappa shape index (κ1) is 24.0. The highest BCUT2D eigenvalue weighted by molar-refractivity contribution is 5.90. The first-order chi connectivity index (χ1) is 18.0. The van der Waals surface area contributed by atoms with Gasteiger partial charge in [-0.15, -0.1) is 5.06 Å². The highest BCUT2D eigenvalue weighted by Gasteiger charge is 2.43. The Kier molecular flexibility index (Phi) is 6.80. The molecule has 2 heterocycles. The fourth-order valence-corrected chi connectivity index (χ4v) is 4.31. The van der Waals surface area contributed by atoms with E-state index in [1.165, 1.54) is 0 Å². The summed E-state index contributed by atoms with van der Waals surface area (Å²) in [5.74, 6) is 1.05. The summed E-state index contributed by atoms with van der Waals surface area (Å²) < 4.78 is 16.6. The summed E-state index contributed by atoms with van der Waals surface area (Å²) in [4.78, 5) is 43.8. The van der Waals surface area contributed by atoms with Crippen molar-refractivity contribution in [2.45, 2.75) is 25.1 Å². The standard InChI is InChI=1S/C27H25N3O7/c28-25(31)30(37-27(33)29-20(16-36-26(29)32)13-18-7-3-1-4-8-18)23-17-35-24-14-21(11-12-22(23)24)34-15-19-9-5-2-6-10-19/h1-12,14,20,23H,13,15-17H2,(H2,28,31)/t20-,23+/m0/s1. The third-order valence-electron chi connectivity index (χ3n) is 6.14. The molecule has 2 aliphatic heterocycles. The van der Waals surface area contributed by atoms with Gasteiger partial charge in [0.2, 0.25) is 0 Å². The molecule has 3 aromatic rings. The Morgan fingerprint density at radius 2 is 1.65 bits per heavy atom. The molecule has 10 nitrogen and oxygen atoms in total. The van der Waals surface area contributed by atoms with Gasteiger partial charge in [-0.2, -0.15) is 0 Å². The minimum Gasteiger partial charge on any atom is -0.490 e. The second-order valence-corrected chi connectivity index (χ2v) is 8.61. The van der Waals surface area contributed by atoms with Crippen LogP contribution in [0.2, 0.25) is 0 Å². The summed E-state index contributed by atoms with van der Waals surface area (Å²) >= 11 is 0. The molecule has 0 saturated carbocycles. The van der Waals surface area contributed by atoms with E-state index < -0.39 is 30.3 Å². The van der Waals surface area contributed by atoms with Crippen molar-refractivity contribution in [1.82, 2.24) is 9.96 Å². The number of primary amides is 1. The maximum absolute atomic E-state index is 13.0. The Morgan fingerprint density at radius 3 is 2.35 bits per heavy atom. The molecule has 0 bridgehead atoms. The van der Waals surface area contributed by atoms with Crippen LogP contribution >= 0.6 is 0 Å². The van der Waals surface area contributed by atoms with E-state index in [1.807, 2.05) is 60.7 Å². The number of rotatable bonds is 6. The molecular formula is C27H25N3O7. The van der Waals surface area contributed by atoms with Gasteiger partial charge in [0.1, 0.15) is 37.4 Å². The fourth-order valence-electron chi connectivity index (χ4n) is 4.31. The average Bonchev–Trinajstić information content (AvgIpc) is 3.49. The zero-order chi connectivity index (χ0) is 25.8. The van der Waals surface area contributed by atoms with Gasteiger partial charge in [-0.3, -0.25) is 0 Å². The maximum Gasteiger partial charge on any atom is 0.444 e. The molecule has 1 saturated heterocycles. The lowest BCUT2D eigenvalue weighted by molar-refractivity contribution is -0.0994. The first-order valence-corrected chi connectivity index (χ1v) is 11.7. The monoisotopic (exact) mass is 503 g/mol. The summed E-state index contributed by atoms with van der Waals surface area (Å²) in [6.07, 6.45) is -1.53. The van der Waals surface area contributed by atoms with Crippen molar-refractivity contribution in [1.29, 1.82) is 0 Å². The Bertz CT molecular complexity index is 1290. The third kappa shape index (κ3) is 5.27. The highest BCUT2D eigenvalue weighted by Crippen LogP contribution is 2.39. The van der Waals surface area contributed by atoms with E-state index in [2.05, 4.69) is 0 Å². The molecule has 3 aromatic carbocycles. The summed E-state index contributed by atoms with van der Waals surface area (Å²) in [6, 6.07) is 21.8. The Hall–Kier alpha value is -4.73. The van der Waals surface area contributed by atoms with Crippen LogP contribution in [-0.2, 0) is 22.6 Å². The van der Waals surface area contributed by atoms with Gasteiger partial charge in [0.25, 0.3) is 0 Å². The molecule has 10 heteroatoms. The van der Waals surface area contributed by atoms with E-state index in [-0.39, 0.29) is 13.2 Å². The predicted octanol–water partition coefficient (Wildman–Crippen LogP) is 4.19. The number of amides is 4. The molecule has 0 spiro atoms. The van der Waals surface area contributed by atoms with E-state index in [0.717, 1.165) is 21.1 Å². The van der Waals surface area contributed by atoms with E-state index in [4.69, 9.17) is 24.8 Å². The first-order valence-electron chi connectivity index (χ1n) is 11.7. The number of nitrogens with zero attached hydrogens (tertiary/aromatic N) is 2. The number of imide groups is 1. The molecular weight excluding hydrogens is 478 g/mol. The van der Waals surface area contributed by atoms with Crippen molar-refractivity contribution >= 4 is 18.2 Å². The maximum atomic E-state index is 13.0. The molecule has 2 aliphatic rings. The van der Waals surface area contributed by atoms with E-state index in [0.29, 0.717) is 30.1 Å². The highest BCUT2D eigenvalue weighted by atomic mass is 16.7. The SMILES string of the molecule is NC(=O)N(OC(=O)N1C(=O)OC[C@@H]1Cc1ccccc1)[C@@H]1COc2cc(OCc3ccccc3)ccc21. The fraction of sp³-hybridized carbons (Fsp3) is 0.222. The number of carbonyl (C=O) groups excluding carboxylic acids is 3. The normalized spacial score (nSPS) is 17.9. The smallest absolute Gasteiger partial charge is 0.444 e. The van der Waals surface area contributed by atoms with Gasteiger partial charge in [0.15, 0.2) is 0 Å². The molecule has 1 fully saturated rings. The lowest BCUT2D eigenvalue weighted by atomic mass is 10.1. The Labute approximate surface area is 213 Å². The number of hydroxylamine groups is 2. The van der Waals surface area contributed by atoms with Crippen LogP contribution in [0.25, 0.3) is 0 Å². The minimum atomic E-state index is -1.06. The van der Waals surface area contributed by atoms with Gasteiger partial charge in [0, 0.05) is 11.6 Å². The topological polar surface area (TPSA) is 121 Å². The third-order valence-corrected chi connectivity index (χ3v) is 6.14. The van der Waals surface area contributed by atoms with Crippen LogP contribution in [0.3, 0.4) is 0 Å². The van der Waals surface area contributed by atoms with Crippen LogP contribution in [0.15, 0.2) is 78.9 Å². The molecule has 2 atom stereocenters. The number of ether oxygens (including phenoxy) is 3. The Morgan fingerprint density at radius 1 is 0.946 bits per heavy atom. The number of hydrogen-bond donors (Lipinski definition) is 1. The second-order valence-electron chi connectivity index (χ2n) is 8.61. The molecule has 0 unspecified atom stereocenters. The van der Waals surface area contributed by atoms with Gasteiger partial charge in [-0.1, -0.05) is 60.7 Å². The average molecular weight is 504 g/mol. The number of benzene rings is 3. The van der Waals surface area contributed by atoms with E-state index in [1.54, 1.807) is 18.2 Å². The van der Waals surface area contributed by atoms with Gasteiger partial charge < -0.3 is 24.8 Å². The predicted molar refractivity (Wildman–Crippen MR) is 130 cm³/mol. The van der Waals surface area contributed by atoms with Crippen molar-refractivity contribution < 1.29 is 33.4 Å². The van der Waals surface area contributed by atoms with Crippen LogP contribution in [0, 0.1) is 0 Å². The van der Waals surface area contributed by atoms with Gasteiger partial charge in [0.05, 0.1) is 6.04 Å². The van der Waals surface area contributed by atoms with Crippen molar-refractivity contribution in [3.05, 3.63) is 95.6 Å². The van der Waals surface area contributed by atoms with Gasteiger partial charge in [-0.25, -0.2) is 19.3 Å². The largest absolute Gasteiger partial charge is 0.490 e. The van der Waals surface area contributed by atoms with Crippen LogP contribution in [0.4, 0.5) is 14.4 Å². The van der Waals surface area contributed by atoms with Gasteiger partial charge in [-0.05, 0) is 29.7 Å². The number of carbonyl (C=O) groups is 3. The zero-order valence-electron chi connectivity index (χ0n) is 19.8. The van der Waals surface area contributed by atoms with Crippen LogP contribution in [0.5, 0.6) is 11.5 Å². The number of urea groups is 1. The van der Waals surface area contributed by atoms with E-state index >= 15 is 0 Å². The summed E-state index contributed by atoms with van der Waals surface area (Å²) in [7, 11) is 0. The molecule has 0 radical (unpaired) electrons. The number of hydrogen-bond acceptors (Lipinski definition) is 7. The number of fused-ring (bicyclic) bond motifs is 1. The molecule has 5 rings (SSSR count). The number of cyclic esters (lactones) is 1. The molecule has 2 N–H and O–H groups in total. The summed E-state index contributed by atoms with van der Waals surface area (Å²) in [6.45, 7) is 0.399. The lowest BCUT2D eigenvalue weighted by Crippen LogP contribution is -2.47. The van der Waals surface area contributed by atoms with Gasteiger partial charge >= 0.3 is 18.2 Å². The van der Waals surface area contributed by atoms with E-state index in [9.17, 15) is 14.4 Å². The zero-order valence-corrected chi connectivity index (χ0v) is 19.8. The Balaban J connectivity index is 1.27. The van der Waals surface area contributed by atoms with Crippen molar-refractivity contribution in [3.8, 4) is 11.5 Å². The molecule has 190 valence electrons. The van der Waals surface area contributed by atoms with Crippen molar-refractivity contribution in [2.75, 3.05) is 13.2 Å². The van der Waals surface area contributed by atoms with Crippen LogP contribution in [-0.4, -0.2) is 47.4 Å². The van der Waals surface area contributed by atoms with Crippen LogP contribution in [0.1, 0.15) is 22.7 Å². The van der Waals surface area contributed by atoms with Crippen LogP contribution < -0.4 is 15.2 Å². The summed E-state index contributed by atoms with van der Waals surface area (Å²) in [5, 5.41) is 0.726. The van der Waals surface area contributed by atoms with Crippen molar-refractivity contribution in [3.63, 3.8) is 0 Å². The quantitative estimate of drug-likeness (QED) is 0.501. The molecule has 4 amide bonds. The van der Waals surface area contributed by atoms with Crippen molar-refractivity contribution in [2.24, 2.45) is 5.73 Å². The molecule has 0 aliphatic carbocycles. The molecule has 0 aromatic heterocycles. The molecule has 37 heavy (non-hydrogen) atoms.